The summed E-state index contributed by atoms with van der Waals surface area (Å²) >= 11 is 3.22. The van der Waals surface area contributed by atoms with Gasteiger partial charge in [-0.25, -0.2) is 0 Å². The van der Waals surface area contributed by atoms with E-state index in [1.54, 1.807) is 25.6 Å². The van der Waals surface area contributed by atoms with E-state index in [1.165, 1.54) is 21.1 Å². The average molecular weight is 310 g/mol. The van der Waals surface area contributed by atoms with Crippen LogP contribution >= 0.6 is 22.7 Å². The van der Waals surface area contributed by atoms with Crippen LogP contribution in [-0.4, -0.2) is 20.5 Å². The maximum absolute atomic E-state index is 10.8. The van der Waals surface area contributed by atoms with E-state index in [0.29, 0.717) is 0 Å². The third-order valence-corrected chi connectivity index (χ3v) is 6.03. The summed E-state index contributed by atoms with van der Waals surface area (Å²) in [6.07, 6.45) is 0.578. The van der Waals surface area contributed by atoms with Crippen LogP contribution in [0.25, 0.3) is 0 Å². The van der Waals surface area contributed by atoms with Gasteiger partial charge in [0.2, 0.25) is 0 Å². The second kappa shape index (κ2) is 6.18. The lowest BCUT2D eigenvalue weighted by atomic mass is 9.90. The van der Waals surface area contributed by atoms with Crippen LogP contribution in [0.15, 0.2) is 24.3 Å². The number of hydrogen-bond donors (Lipinski definition) is 0. The predicted molar refractivity (Wildman–Crippen MR) is 82.9 cm³/mol. The van der Waals surface area contributed by atoms with Gasteiger partial charge in [0, 0.05) is 29.4 Å². The quantitative estimate of drug-likeness (QED) is 0.591. The SMILES string of the molecule is COC(OC)c1ccc(C(C)(C)c2ccc(C=O)s2)s1. The summed E-state index contributed by atoms with van der Waals surface area (Å²) in [5.41, 5.74) is -0.124. The van der Waals surface area contributed by atoms with Crippen LogP contribution in [0.2, 0.25) is 0 Å². The van der Waals surface area contributed by atoms with Crippen LogP contribution < -0.4 is 0 Å². The lowest BCUT2D eigenvalue weighted by Gasteiger charge is -2.21. The normalized spacial score (nSPS) is 12.1. The first-order valence-electron chi connectivity index (χ1n) is 6.24. The molecule has 108 valence electrons. The second-order valence-corrected chi connectivity index (χ2v) is 7.18. The molecule has 2 heterocycles. The molecule has 0 saturated carbocycles. The average Bonchev–Trinajstić information content (AvgIpc) is 3.09. The van der Waals surface area contributed by atoms with Gasteiger partial charge in [-0.1, -0.05) is 13.8 Å². The number of hydrogen-bond acceptors (Lipinski definition) is 5. The van der Waals surface area contributed by atoms with Crippen molar-refractivity contribution in [3.05, 3.63) is 43.8 Å². The van der Waals surface area contributed by atoms with Crippen LogP contribution in [0.4, 0.5) is 0 Å². The smallest absolute Gasteiger partial charge is 0.192 e. The van der Waals surface area contributed by atoms with Crippen molar-refractivity contribution in [2.24, 2.45) is 0 Å². The molecule has 0 saturated heterocycles. The Balaban J connectivity index is 2.31. The van der Waals surface area contributed by atoms with Gasteiger partial charge in [-0.2, -0.15) is 0 Å². The number of methoxy groups -OCH3 is 2. The summed E-state index contributed by atoms with van der Waals surface area (Å²) in [5.74, 6) is 0. The molecule has 0 unspecified atom stereocenters. The fourth-order valence-corrected chi connectivity index (χ4v) is 4.20. The summed E-state index contributed by atoms with van der Waals surface area (Å²) in [6.45, 7) is 4.33. The van der Waals surface area contributed by atoms with E-state index in [0.717, 1.165) is 16.0 Å². The predicted octanol–water partition coefficient (Wildman–Crippen LogP) is 4.24. The van der Waals surface area contributed by atoms with Crippen molar-refractivity contribution >= 4 is 29.0 Å². The zero-order valence-electron chi connectivity index (χ0n) is 12.0. The Kier molecular flexibility index (Phi) is 4.75. The summed E-state index contributed by atoms with van der Waals surface area (Å²) in [4.78, 5) is 15.0. The molecular weight excluding hydrogens is 292 g/mol. The highest BCUT2D eigenvalue weighted by Crippen LogP contribution is 2.40. The van der Waals surface area contributed by atoms with E-state index in [1.807, 2.05) is 18.2 Å². The van der Waals surface area contributed by atoms with Crippen LogP contribution in [-0.2, 0) is 14.9 Å². The van der Waals surface area contributed by atoms with Gasteiger partial charge >= 0.3 is 0 Å². The highest BCUT2D eigenvalue weighted by Gasteiger charge is 2.28. The molecular formula is C15H18O3S2. The molecule has 0 bridgehead atoms. The Morgan fingerprint density at radius 1 is 1.05 bits per heavy atom. The standard InChI is InChI=1S/C15H18O3S2/c1-15(2,12-7-5-10(9-16)19-12)13-8-6-11(20-13)14(17-3)18-4/h5-9,14H,1-4H3. The molecule has 2 aromatic rings. The molecule has 0 aromatic carbocycles. The molecule has 2 rings (SSSR count). The third-order valence-electron chi connectivity index (χ3n) is 3.26. The minimum atomic E-state index is -0.321. The van der Waals surface area contributed by atoms with Gasteiger partial charge < -0.3 is 9.47 Å². The van der Waals surface area contributed by atoms with Gasteiger partial charge in [-0.3, -0.25) is 4.79 Å². The van der Waals surface area contributed by atoms with Crippen molar-refractivity contribution in [3.8, 4) is 0 Å². The number of carbonyl (C=O) groups is 1. The van der Waals surface area contributed by atoms with Crippen LogP contribution in [0, 0.1) is 0 Å². The summed E-state index contributed by atoms with van der Waals surface area (Å²) in [7, 11) is 3.27. The third kappa shape index (κ3) is 2.86. The first-order valence-corrected chi connectivity index (χ1v) is 7.87. The second-order valence-electron chi connectivity index (χ2n) is 4.95. The molecule has 0 amide bonds. The molecule has 0 aliphatic rings. The Morgan fingerprint density at radius 3 is 2.20 bits per heavy atom. The first kappa shape index (κ1) is 15.4. The van der Waals surface area contributed by atoms with Crippen molar-refractivity contribution in [1.82, 2.24) is 0 Å². The molecule has 0 spiro atoms. The molecule has 0 aliphatic heterocycles. The zero-order valence-corrected chi connectivity index (χ0v) is 13.6. The molecule has 2 aromatic heterocycles. The minimum Gasteiger partial charge on any atom is -0.351 e. The number of carbonyl (C=O) groups excluding carboxylic acids is 1. The molecule has 0 radical (unpaired) electrons. The van der Waals surface area contributed by atoms with Gasteiger partial charge in [0.15, 0.2) is 12.6 Å². The lowest BCUT2D eigenvalue weighted by Crippen LogP contribution is -2.15. The summed E-state index contributed by atoms with van der Waals surface area (Å²) < 4.78 is 10.6. The minimum absolute atomic E-state index is 0.124. The first-order chi connectivity index (χ1) is 9.52. The Hall–Kier alpha value is -1.01. The van der Waals surface area contributed by atoms with Gasteiger partial charge in [-0.05, 0) is 24.3 Å². The number of rotatable bonds is 6. The topological polar surface area (TPSA) is 35.5 Å². The fraction of sp³-hybridized carbons (Fsp3) is 0.400. The molecule has 20 heavy (non-hydrogen) atoms. The largest absolute Gasteiger partial charge is 0.351 e. The van der Waals surface area contributed by atoms with Crippen molar-refractivity contribution in [3.63, 3.8) is 0 Å². The van der Waals surface area contributed by atoms with E-state index in [-0.39, 0.29) is 11.7 Å². The number of ether oxygens (including phenoxy) is 2. The summed E-state index contributed by atoms with van der Waals surface area (Å²) in [6, 6.07) is 8.04. The van der Waals surface area contributed by atoms with Crippen LogP contribution in [0.1, 0.15) is 44.4 Å². The number of thiophene rings is 2. The number of aldehydes is 1. The molecule has 0 N–H and O–H groups in total. The van der Waals surface area contributed by atoms with Crippen molar-refractivity contribution < 1.29 is 14.3 Å². The van der Waals surface area contributed by atoms with E-state index in [4.69, 9.17) is 9.47 Å². The maximum atomic E-state index is 10.8. The van der Waals surface area contributed by atoms with E-state index < -0.39 is 0 Å². The van der Waals surface area contributed by atoms with Crippen LogP contribution in [0.3, 0.4) is 0 Å². The molecule has 0 fully saturated rings. The highest BCUT2D eigenvalue weighted by molar-refractivity contribution is 7.14. The molecule has 5 heteroatoms. The Labute approximate surface area is 127 Å². The van der Waals surface area contributed by atoms with E-state index >= 15 is 0 Å². The van der Waals surface area contributed by atoms with Gasteiger partial charge in [0.05, 0.1) is 9.75 Å². The van der Waals surface area contributed by atoms with Crippen molar-refractivity contribution in [2.75, 3.05) is 14.2 Å². The highest BCUT2D eigenvalue weighted by atomic mass is 32.1. The van der Waals surface area contributed by atoms with Crippen LogP contribution in [0.5, 0.6) is 0 Å². The van der Waals surface area contributed by atoms with Gasteiger partial charge in [0.25, 0.3) is 0 Å². The molecule has 0 aliphatic carbocycles. The van der Waals surface area contributed by atoms with E-state index in [9.17, 15) is 4.79 Å². The summed E-state index contributed by atoms with van der Waals surface area (Å²) in [5, 5.41) is 0. The maximum Gasteiger partial charge on any atom is 0.192 e. The monoisotopic (exact) mass is 310 g/mol. The fourth-order valence-electron chi connectivity index (χ4n) is 2.02. The lowest BCUT2D eigenvalue weighted by molar-refractivity contribution is -0.103. The van der Waals surface area contributed by atoms with Crippen molar-refractivity contribution in [2.45, 2.75) is 25.6 Å². The van der Waals surface area contributed by atoms with Gasteiger partial charge in [0.1, 0.15) is 0 Å². The van der Waals surface area contributed by atoms with Gasteiger partial charge in [-0.15, -0.1) is 22.7 Å². The Morgan fingerprint density at radius 2 is 1.65 bits per heavy atom. The zero-order chi connectivity index (χ0) is 14.8. The van der Waals surface area contributed by atoms with Crippen molar-refractivity contribution in [1.29, 1.82) is 0 Å². The molecule has 0 atom stereocenters. The Bertz CT molecular complexity index is 579. The molecule has 3 nitrogen and oxygen atoms in total. The van der Waals surface area contributed by atoms with E-state index in [2.05, 4.69) is 19.9 Å².